The van der Waals surface area contributed by atoms with Crippen LogP contribution in [0.1, 0.15) is 32.3 Å². The van der Waals surface area contributed by atoms with Gasteiger partial charge in [-0.15, -0.1) is 0 Å². The standard InChI is InChI=1S/C14H21BrN2O/c1-14(2,16)9-8-13(18)17(3)10-11-4-6-12(15)7-5-11/h4-7H,8-10,16H2,1-3H3. The van der Waals surface area contributed by atoms with Gasteiger partial charge in [0, 0.05) is 30.0 Å². The molecule has 1 rings (SSSR count). The highest BCUT2D eigenvalue weighted by atomic mass is 79.9. The predicted molar refractivity (Wildman–Crippen MR) is 78.1 cm³/mol. The maximum Gasteiger partial charge on any atom is 0.222 e. The Morgan fingerprint density at radius 2 is 1.89 bits per heavy atom. The Kier molecular flexibility index (Phi) is 5.35. The van der Waals surface area contributed by atoms with Crippen LogP contribution in [0.2, 0.25) is 0 Å². The summed E-state index contributed by atoms with van der Waals surface area (Å²) in [6.07, 6.45) is 1.20. The molecular formula is C14H21BrN2O. The third-order valence-electron chi connectivity index (χ3n) is 2.74. The van der Waals surface area contributed by atoms with Crippen LogP contribution >= 0.6 is 15.9 Å². The molecule has 0 aromatic heterocycles. The van der Waals surface area contributed by atoms with Crippen molar-refractivity contribution in [3.05, 3.63) is 34.3 Å². The first-order valence-corrected chi connectivity index (χ1v) is 6.84. The molecule has 0 aliphatic heterocycles. The second kappa shape index (κ2) is 6.34. The van der Waals surface area contributed by atoms with Gasteiger partial charge in [0.2, 0.25) is 5.91 Å². The molecule has 1 amide bonds. The summed E-state index contributed by atoms with van der Waals surface area (Å²) in [5.41, 5.74) is 6.72. The van der Waals surface area contributed by atoms with Crippen molar-refractivity contribution in [1.29, 1.82) is 0 Å². The third kappa shape index (κ3) is 5.65. The van der Waals surface area contributed by atoms with Gasteiger partial charge >= 0.3 is 0 Å². The highest BCUT2D eigenvalue weighted by Gasteiger charge is 2.15. The van der Waals surface area contributed by atoms with Crippen LogP contribution in [0.3, 0.4) is 0 Å². The number of amides is 1. The number of nitrogens with zero attached hydrogens (tertiary/aromatic N) is 1. The van der Waals surface area contributed by atoms with E-state index in [4.69, 9.17) is 5.73 Å². The largest absolute Gasteiger partial charge is 0.341 e. The monoisotopic (exact) mass is 312 g/mol. The number of rotatable bonds is 5. The Labute approximate surface area is 117 Å². The Balaban J connectivity index is 2.47. The van der Waals surface area contributed by atoms with Crippen LogP contribution in [0, 0.1) is 0 Å². The van der Waals surface area contributed by atoms with Crippen molar-refractivity contribution in [2.75, 3.05) is 7.05 Å². The van der Waals surface area contributed by atoms with Crippen LogP contribution in [0.25, 0.3) is 0 Å². The van der Waals surface area contributed by atoms with Gasteiger partial charge in [0.15, 0.2) is 0 Å². The molecule has 100 valence electrons. The molecule has 4 heteroatoms. The zero-order valence-corrected chi connectivity index (χ0v) is 12.8. The quantitative estimate of drug-likeness (QED) is 0.908. The third-order valence-corrected chi connectivity index (χ3v) is 3.27. The first kappa shape index (κ1) is 15.2. The lowest BCUT2D eigenvalue weighted by molar-refractivity contribution is -0.130. The number of benzene rings is 1. The van der Waals surface area contributed by atoms with Crippen molar-refractivity contribution in [3.63, 3.8) is 0 Å². The van der Waals surface area contributed by atoms with Crippen molar-refractivity contribution < 1.29 is 4.79 Å². The van der Waals surface area contributed by atoms with Crippen molar-refractivity contribution in [1.82, 2.24) is 4.90 Å². The van der Waals surface area contributed by atoms with Crippen molar-refractivity contribution in [2.45, 2.75) is 38.8 Å². The summed E-state index contributed by atoms with van der Waals surface area (Å²) in [4.78, 5) is 13.7. The van der Waals surface area contributed by atoms with Crippen LogP contribution in [0.15, 0.2) is 28.7 Å². The van der Waals surface area contributed by atoms with E-state index < -0.39 is 0 Å². The molecule has 0 heterocycles. The highest BCUT2D eigenvalue weighted by Crippen LogP contribution is 2.13. The highest BCUT2D eigenvalue weighted by molar-refractivity contribution is 9.10. The van der Waals surface area contributed by atoms with Gasteiger partial charge in [0.25, 0.3) is 0 Å². The van der Waals surface area contributed by atoms with Crippen molar-refractivity contribution in [2.24, 2.45) is 5.73 Å². The topological polar surface area (TPSA) is 46.3 Å². The van der Waals surface area contributed by atoms with Crippen LogP contribution in [-0.4, -0.2) is 23.4 Å². The van der Waals surface area contributed by atoms with E-state index in [1.807, 2.05) is 45.2 Å². The Bertz CT molecular complexity index is 395. The van der Waals surface area contributed by atoms with E-state index in [1.54, 1.807) is 4.90 Å². The minimum absolute atomic E-state index is 0.136. The smallest absolute Gasteiger partial charge is 0.222 e. The van der Waals surface area contributed by atoms with E-state index in [-0.39, 0.29) is 11.4 Å². The number of hydrogen-bond acceptors (Lipinski definition) is 2. The maximum absolute atomic E-state index is 11.9. The molecule has 0 aliphatic carbocycles. The lowest BCUT2D eigenvalue weighted by Crippen LogP contribution is -2.34. The fourth-order valence-corrected chi connectivity index (χ4v) is 1.84. The molecule has 0 fully saturated rings. The van der Waals surface area contributed by atoms with E-state index in [2.05, 4.69) is 15.9 Å². The van der Waals surface area contributed by atoms with Gasteiger partial charge in [0.05, 0.1) is 0 Å². The van der Waals surface area contributed by atoms with E-state index in [0.717, 1.165) is 10.0 Å². The van der Waals surface area contributed by atoms with E-state index in [0.29, 0.717) is 19.4 Å². The lowest BCUT2D eigenvalue weighted by Gasteiger charge is -2.21. The molecule has 0 bridgehead atoms. The van der Waals surface area contributed by atoms with Crippen LogP contribution in [0.5, 0.6) is 0 Å². The van der Waals surface area contributed by atoms with Gasteiger partial charge < -0.3 is 10.6 Å². The summed E-state index contributed by atoms with van der Waals surface area (Å²) in [5, 5.41) is 0. The Hall–Kier alpha value is -0.870. The second-order valence-electron chi connectivity index (χ2n) is 5.36. The molecule has 1 aromatic rings. The average molecular weight is 313 g/mol. The van der Waals surface area contributed by atoms with E-state index in [9.17, 15) is 4.79 Å². The van der Waals surface area contributed by atoms with E-state index in [1.165, 1.54) is 0 Å². The Morgan fingerprint density at radius 3 is 2.39 bits per heavy atom. The summed E-state index contributed by atoms with van der Waals surface area (Å²) < 4.78 is 1.05. The van der Waals surface area contributed by atoms with Gasteiger partial charge in [-0.3, -0.25) is 4.79 Å². The van der Waals surface area contributed by atoms with Crippen LogP contribution in [-0.2, 0) is 11.3 Å². The molecule has 0 saturated heterocycles. The van der Waals surface area contributed by atoms with Crippen LogP contribution < -0.4 is 5.73 Å². The second-order valence-corrected chi connectivity index (χ2v) is 6.28. The lowest BCUT2D eigenvalue weighted by atomic mass is 10.00. The maximum atomic E-state index is 11.9. The summed E-state index contributed by atoms with van der Waals surface area (Å²) in [6, 6.07) is 7.99. The summed E-state index contributed by atoms with van der Waals surface area (Å²) in [6.45, 7) is 4.51. The molecule has 3 nitrogen and oxygen atoms in total. The van der Waals surface area contributed by atoms with Crippen molar-refractivity contribution >= 4 is 21.8 Å². The molecule has 0 radical (unpaired) electrons. The summed E-state index contributed by atoms with van der Waals surface area (Å²) in [5.74, 6) is 0.136. The number of carbonyl (C=O) groups excluding carboxylic acids is 1. The van der Waals surface area contributed by atoms with Gasteiger partial charge in [-0.05, 0) is 38.0 Å². The predicted octanol–water partition coefficient (Wildman–Crippen LogP) is 2.93. The summed E-state index contributed by atoms with van der Waals surface area (Å²) in [7, 11) is 1.83. The molecule has 18 heavy (non-hydrogen) atoms. The fraction of sp³-hybridized carbons (Fsp3) is 0.500. The van der Waals surface area contributed by atoms with Gasteiger partial charge in [0.1, 0.15) is 0 Å². The molecule has 0 saturated carbocycles. The summed E-state index contributed by atoms with van der Waals surface area (Å²) >= 11 is 3.39. The van der Waals surface area contributed by atoms with Gasteiger partial charge in [-0.1, -0.05) is 28.1 Å². The molecule has 0 aliphatic rings. The Morgan fingerprint density at radius 1 is 1.33 bits per heavy atom. The first-order chi connectivity index (χ1) is 8.28. The minimum Gasteiger partial charge on any atom is -0.341 e. The minimum atomic E-state index is -0.284. The molecular weight excluding hydrogens is 292 g/mol. The molecule has 0 spiro atoms. The van der Waals surface area contributed by atoms with Gasteiger partial charge in [-0.2, -0.15) is 0 Å². The van der Waals surface area contributed by atoms with Crippen LogP contribution in [0.4, 0.5) is 0 Å². The number of carbonyl (C=O) groups is 1. The fourth-order valence-electron chi connectivity index (χ4n) is 1.57. The zero-order chi connectivity index (χ0) is 13.8. The molecule has 2 N–H and O–H groups in total. The zero-order valence-electron chi connectivity index (χ0n) is 11.2. The average Bonchev–Trinajstić information content (AvgIpc) is 2.28. The normalized spacial score (nSPS) is 11.4. The number of nitrogens with two attached hydrogens (primary N) is 1. The first-order valence-electron chi connectivity index (χ1n) is 6.05. The molecule has 0 atom stereocenters. The molecule has 1 aromatic carbocycles. The molecule has 0 unspecified atom stereocenters. The van der Waals surface area contributed by atoms with Gasteiger partial charge in [-0.25, -0.2) is 0 Å². The van der Waals surface area contributed by atoms with E-state index >= 15 is 0 Å². The number of halogens is 1. The van der Waals surface area contributed by atoms with Crippen molar-refractivity contribution in [3.8, 4) is 0 Å². The SMILES string of the molecule is CN(Cc1ccc(Br)cc1)C(=O)CCC(C)(C)N. The number of hydrogen-bond donors (Lipinski definition) is 1.